The van der Waals surface area contributed by atoms with Crippen molar-refractivity contribution < 1.29 is 0 Å². The molecule has 2 N–H and O–H groups in total. The molecule has 0 atom stereocenters. The van der Waals surface area contributed by atoms with Crippen LogP contribution in [0.15, 0.2) is 30.7 Å². The van der Waals surface area contributed by atoms with Crippen LogP contribution in [0.25, 0.3) is 5.82 Å². The molecule has 15 heavy (non-hydrogen) atoms. The van der Waals surface area contributed by atoms with E-state index in [9.17, 15) is 0 Å². The maximum absolute atomic E-state index is 8.65. The number of rotatable bonds is 2. The SMILES string of the molecule is N#Cc1cnn(-c2cc(CN)ccn2)c1. The van der Waals surface area contributed by atoms with Gasteiger partial charge in [-0.25, -0.2) is 9.67 Å². The summed E-state index contributed by atoms with van der Waals surface area (Å²) in [4.78, 5) is 4.14. The molecular weight excluding hydrogens is 190 g/mol. The molecule has 2 aromatic rings. The lowest BCUT2D eigenvalue weighted by Gasteiger charge is -2.01. The van der Waals surface area contributed by atoms with Crippen LogP contribution >= 0.6 is 0 Å². The van der Waals surface area contributed by atoms with E-state index in [1.807, 2.05) is 18.2 Å². The summed E-state index contributed by atoms with van der Waals surface area (Å²) in [5, 5.41) is 12.7. The van der Waals surface area contributed by atoms with E-state index in [2.05, 4.69) is 10.1 Å². The lowest BCUT2D eigenvalue weighted by molar-refractivity contribution is 0.841. The first kappa shape index (κ1) is 9.37. The summed E-state index contributed by atoms with van der Waals surface area (Å²) < 4.78 is 1.55. The number of nitrogens with two attached hydrogens (primary N) is 1. The maximum Gasteiger partial charge on any atom is 0.153 e. The van der Waals surface area contributed by atoms with Gasteiger partial charge in [0, 0.05) is 12.7 Å². The first-order valence-electron chi connectivity index (χ1n) is 4.43. The van der Waals surface area contributed by atoms with Crippen molar-refractivity contribution in [3.63, 3.8) is 0 Å². The normalized spacial score (nSPS) is 9.87. The van der Waals surface area contributed by atoms with Gasteiger partial charge in [0.2, 0.25) is 0 Å². The van der Waals surface area contributed by atoms with Crippen LogP contribution in [0.4, 0.5) is 0 Å². The number of nitrogens with zero attached hydrogens (tertiary/aromatic N) is 4. The Morgan fingerprint density at radius 1 is 1.53 bits per heavy atom. The molecule has 0 fully saturated rings. The third-order valence-electron chi connectivity index (χ3n) is 1.99. The van der Waals surface area contributed by atoms with Gasteiger partial charge in [0.1, 0.15) is 6.07 Å². The van der Waals surface area contributed by atoms with Gasteiger partial charge in [-0.1, -0.05) is 0 Å². The average Bonchev–Trinajstić information content (AvgIpc) is 2.78. The summed E-state index contributed by atoms with van der Waals surface area (Å²) in [5.74, 6) is 0.666. The lowest BCUT2D eigenvalue weighted by atomic mass is 10.2. The van der Waals surface area contributed by atoms with Crippen molar-refractivity contribution in [2.24, 2.45) is 5.73 Å². The van der Waals surface area contributed by atoms with Gasteiger partial charge < -0.3 is 5.73 Å². The zero-order chi connectivity index (χ0) is 10.7. The van der Waals surface area contributed by atoms with Gasteiger partial charge in [-0.15, -0.1) is 0 Å². The van der Waals surface area contributed by atoms with E-state index in [0.29, 0.717) is 17.9 Å². The fourth-order valence-electron chi connectivity index (χ4n) is 1.22. The topological polar surface area (TPSA) is 80.5 Å². The molecular formula is C10H9N5. The van der Waals surface area contributed by atoms with Crippen molar-refractivity contribution in [3.8, 4) is 11.9 Å². The number of aromatic nitrogens is 3. The Labute approximate surface area is 86.8 Å². The van der Waals surface area contributed by atoms with Crippen molar-refractivity contribution in [2.75, 3.05) is 0 Å². The summed E-state index contributed by atoms with van der Waals surface area (Å²) in [5.41, 5.74) is 7.01. The summed E-state index contributed by atoms with van der Waals surface area (Å²) in [7, 11) is 0. The Morgan fingerprint density at radius 2 is 2.40 bits per heavy atom. The van der Waals surface area contributed by atoms with Crippen LogP contribution in [-0.4, -0.2) is 14.8 Å². The molecule has 0 bridgehead atoms. The maximum atomic E-state index is 8.65. The Balaban J connectivity index is 2.41. The van der Waals surface area contributed by atoms with E-state index < -0.39 is 0 Å². The molecule has 0 spiro atoms. The molecule has 0 radical (unpaired) electrons. The number of hydrogen-bond acceptors (Lipinski definition) is 4. The zero-order valence-corrected chi connectivity index (χ0v) is 7.96. The highest BCUT2D eigenvalue weighted by Gasteiger charge is 2.01. The van der Waals surface area contributed by atoms with Crippen LogP contribution in [0.5, 0.6) is 0 Å². The second-order valence-electron chi connectivity index (χ2n) is 3.01. The minimum Gasteiger partial charge on any atom is -0.326 e. The molecule has 0 saturated heterocycles. The monoisotopic (exact) mass is 199 g/mol. The summed E-state index contributed by atoms with van der Waals surface area (Å²) in [6, 6.07) is 5.70. The molecule has 2 aromatic heterocycles. The molecule has 0 aliphatic rings. The standard InChI is InChI=1S/C10H9N5/c11-4-8-1-2-13-10(3-8)15-7-9(5-12)6-14-15/h1-3,6-7H,4,11H2. The minimum atomic E-state index is 0.460. The molecule has 0 aromatic carbocycles. The highest BCUT2D eigenvalue weighted by atomic mass is 15.3. The smallest absolute Gasteiger partial charge is 0.153 e. The molecule has 0 unspecified atom stereocenters. The molecule has 2 rings (SSSR count). The first-order chi connectivity index (χ1) is 7.33. The zero-order valence-electron chi connectivity index (χ0n) is 7.96. The second kappa shape index (κ2) is 3.90. The molecule has 5 heteroatoms. The van der Waals surface area contributed by atoms with Crippen LogP contribution < -0.4 is 5.73 Å². The Morgan fingerprint density at radius 3 is 3.07 bits per heavy atom. The fourth-order valence-corrected chi connectivity index (χ4v) is 1.22. The van der Waals surface area contributed by atoms with Gasteiger partial charge in [-0.3, -0.25) is 0 Å². The van der Waals surface area contributed by atoms with E-state index in [0.717, 1.165) is 5.56 Å². The number of nitriles is 1. The van der Waals surface area contributed by atoms with Crippen LogP contribution in [-0.2, 0) is 6.54 Å². The van der Waals surface area contributed by atoms with Gasteiger partial charge >= 0.3 is 0 Å². The predicted octanol–water partition coefficient (Wildman–Crippen LogP) is 0.598. The molecule has 74 valence electrons. The van der Waals surface area contributed by atoms with E-state index >= 15 is 0 Å². The molecule has 2 heterocycles. The van der Waals surface area contributed by atoms with Crippen LogP contribution in [0.3, 0.4) is 0 Å². The van der Waals surface area contributed by atoms with Gasteiger partial charge in [0.05, 0.1) is 18.0 Å². The van der Waals surface area contributed by atoms with E-state index in [1.165, 1.54) is 6.20 Å². The fraction of sp³-hybridized carbons (Fsp3) is 0.100. The van der Waals surface area contributed by atoms with Gasteiger partial charge in [0.15, 0.2) is 5.82 Å². The lowest BCUT2D eigenvalue weighted by Crippen LogP contribution is -2.01. The van der Waals surface area contributed by atoms with Crippen LogP contribution in [0.2, 0.25) is 0 Å². The van der Waals surface area contributed by atoms with E-state index in [4.69, 9.17) is 11.0 Å². The average molecular weight is 199 g/mol. The summed E-state index contributed by atoms with van der Waals surface area (Å²) >= 11 is 0. The minimum absolute atomic E-state index is 0.460. The van der Waals surface area contributed by atoms with E-state index in [1.54, 1.807) is 17.1 Å². The van der Waals surface area contributed by atoms with E-state index in [-0.39, 0.29) is 0 Å². The van der Waals surface area contributed by atoms with Crippen LogP contribution in [0, 0.1) is 11.3 Å². The van der Waals surface area contributed by atoms with Crippen molar-refractivity contribution >= 4 is 0 Å². The highest BCUT2D eigenvalue weighted by Crippen LogP contribution is 2.06. The second-order valence-corrected chi connectivity index (χ2v) is 3.01. The number of pyridine rings is 1. The van der Waals surface area contributed by atoms with Crippen molar-refractivity contribution in [1.29, 1.82) is 5.26 Å². The largest absolute Gasteiger partial charge is 0.326 e. The van der Waals surface area contributed by atoms with Crippen molar-refractivity contribution in [3.05, 3.63) is 41.9 Å². The molecule has 5 nitrogen and oxygen atoms in total. The number of hydrogen-bond donors (Lipinski definition) is 1. The van der Waals surface area contributed by atoms with Gasteiger partial charge in [0.25, 0.3) is 0 Å². The molecule has 0 aliphatic carbocycles. The van der Waals surface area contributed by atoms with Gasteiger partial charge in [-0.2, -0.15) is 10.4 Å². The molecule has 0 aliphatic heterocycles. The van der Waals surface area contributed by atoms with Crippen LogP contribution in [0.1, 0.15) is 11.1 Å². The molecule has 0 amide bonds. The van der Waals surface area contributed by atoms with Crippen molar-refractivity contribution in [1.82, 2.24) is 14.8 Å². The highest BCUT2D eigenvalue weighted by molar-refractivity contribution is 5.30. The summed E-state index contributed by atoms with van der Waals surface area (Å²) in [6.07, 6.45) is 4.80. The van der Waals surface area contributed by atoms with Gasteiger partial charge in [-0.05, 0) is 17.7 Å². The Bertz CT molecular complexity index is 509. The Kier molecular flexibility index (Phi) is 2.44. The Hall–Kier alpha value is -2.19. The quantitative estimate of drug-likeness (QED) is 0.767. The van der Waals surface area contributed by atoms with Crippen molar-refractivity contribution in [2.45, 2.75) is 6.54 Å². The first-order valence-corrected chi connectivity index (χ1v) is 4.43. The predicted molar refractivity (Wildman–Crippen MR) is 54.0 cm³/mol. The third kappa shape index (κ3) is 1.85. The summed E-state index contributed by atoms with van der Waals surface area (Å²) in [6.45, 7) is 0.460. The molecule has 0 saturated carbocycles. The third-order valence-corrected chi connectivity index (χ3v) is 1.99.